The van der Waals surface area contributed by atoms with Gasteiger partial charge in [0, 0.05) is 26.2 Å². The van der Waals surface area contributed by atoms with Crippen molar-refractivity contribution in [1.29, 1.82) is 5.41 Å². The van der Waals surface area contributed by atoms with Crippen molar-refractivity contribution in [2.75, 3.05) is 18.5 Å². The minimum absolute atomic E-state index is 0.213. The smallest absolute Gasteiger partial charge is 0.128 e. The van der Waals surface area contributed by atoms with Gasteiger partial charge >= 0.3 is 0 Å². The lowest BCUT2D eigenvalue weighted by molar-refractivity contribution is 0.889. The number of amidine groups is 1. The van der Waals surface area contributed by atoms with Crippen LogP contribution < -0.4 is 10.6 Å². The second kappa shape index (κ2) is 4.60. The van der Waals surface area contributed by atoms with E-state index in [0.717, 1.165) is 12.4 Å². The summed E-state index contributed by atoms with van der Waals surface area (Å²) >= 11 is 0. The third kappa shape index (κ3) is 3.05. The Morgan fingerprint density at radius 3 is 2.93 bits per heavy atom. The molecule has 76 valence electrons. The monoisotopic (exact) mass is 192 g/mol. The lowest BCUT2D eigenvalue weighted by Gasteiger charge is -2.17. The van der Waals surface area contributed by atoms with Gasteiger partial charge < -0.3 is 10.6 Å². The van der Waals surface area contributed by atoms with Crippen LogP contribution in [0.1, 0.15) is 12.0 Å². The molecule has 0 aliphatic rings. The van der Waals surface area contributed by atoms with Gasteiger partial charge in [-0.05, 0) is 24.6 Å². The molecule has 4 heteroatoms. The topological polar surface area (TPSA) is 66.0 Å². The Labute approximate surface area is 84.3 Å². The zero-order valence-electron chi connectivity index (χ0n) is 8.62. The molecule has 14 heavy (non-hydrogen) atoms. The van der Waals surface area contributed by atoms with Crippen LogP contribution in [0, 0.1) is 12.3 Å². The molecular weight excluding hydrogens is 176 g/mol. The maximum absolute atomic E-state index is 7.12. The first-order chi connectivity index (χ1) is 6.59. The predicted octanol–water partition coefficient (Wildman–Crippen LogP) is 1.15. The highest BCUT2D eigenvalue weighted by atomic mass is 15.2. The first-order valence-electron chi connectivity index (χ1n) is 4.56. The molecule has 0 fully saturated rings. The van der Waals surface area contributed by atoms with Gasteiger partial charge in [0.05, 0.1) is 5.84 Å². The van der Waals surface area contributed by atoms with Crippen molar-refractivity contribution in [3.8, 4) is 0 Å². The Kier molecular flexibility index (Phi) is 3.45. The van der Waals surface area contributed by atoms with Crippen molar-refractivity contribution in [3.05, 3.63) is 23.9 Å². The summed E-state index contributed by atoms with van der Waals surface area (Å²) in [6.45, 7) is 2.76. The van der Waals surface area contributed by atoms with E-state index in [1.807, 2.05) is 31.0 Å². The van der Waals surface area contributed by atoms with Crippen LogP contribution in [0.15, 0.2) is 18.3 Å². The average Bonchev–Trinajstić information content (AvgIpc) is 2.14. The van der Waals surface area contributed by atoms with Gasteiger partial charge in [-0.15, -0.1) is 0 Å². The lowest BCUT2D eigenvalue weighted by Crippen LogP contribution is -2.24. The SMILES string of the molecule is Cc1ccnc(N(C)CCC(=N)N)c1. The highest BCUT2D eigenvalue weighted by molar-refractivity contribution is 5.77. The number of rotatable bonds is 4. The molecule has 0 amide bonds. The van der Waals surface area contributed by atoms with Crippen LogP contribution in [0.2, 0.25) is 0 Å². The van der Waals surface area contributed by atoms with Crippen LogP contribution in [-0.4, -0.2) is 24.4 Å². The third-order valence-electron chi connectivity index (χ3n) is 2.01. The summed E-state index contributed by atoms with van der Waals surface area (Å²) in [4.78, 5) is 6.23. The number of aryl methyl sites for hydroxylation is 1. The first kappa shape index (κ1) is 10.5. The van der Waals surface area contributed by atoms with E-state index < -0.39 is 0 Å². The number of nitrogens with one attached hydrogen (secondary N) is 1. The molecule has 3 N–H and O–H groups in total. The second-order valence-corrected chi connectivity index (χ2v) is 3.39. The number of nitrogens with two attached hydrogens (primary N) is 1. The van der Waals surface area contributed by atoms with Gasteiger partial charge in [-0.3, -0.25) is 5.41 Å². The fraction of sp³-hybridized carbons (Fsp3) is 0.400. The van der Waals surface area contributed by atoms with Crippen molar-refractivity contribution in [2.45, 2.75) is 13.3 Å². The molecular formula is C10H16N4. The molecule has 0 aromatic carbocycles. The molecule has 0 aliphatic carbocycles. The first-order valence-corrected chi connectivity index (χ1v) is 4.56. The summed E-state index contributed by atoms with van der Waals surface area (Å²) in [7, 11) is 1.95. The fourth-order valence-electron chi connectivity index (χ4n) is 1.13. The molecule has 4 nitrogen and oxygen atoms in total. The number of pyridine rings is 1. The molecule has 1 rings (SSSR count). The number of hydrogen-bond donors (Lipinski definition) is 2. The Morgan fingerprint density at radius 2 is 2.36 bits per heavy atom. The Bertz CT molecular complexity index is 322. The van der Waals surface area contributed by atoms with Gasteiger partial charge in [-0.25, -0.2) is 4.98 Å². The van der Waals surface area contributed by atoms with Gasteiger partial charge in [0.2, 0.25) is 0 Å². The van der Waals surface area contributed by atoms with E-state index in [1.54, 1.807) is 6.20 Å². The van der Waals surface area contributed by atoms with Crippen LogP contribution >= 0.6 is 0 Å². The van der Waals surface area contributed by atoms with E-state index in [-0.39, 0.29) is 5.84 Å². The molecule has 0 bridgehead atoms. The molecule has 1 aromatic heterocycles. The Morgan fingerprint density at radius 1 is 1.64 bits per heavy atom. The molecule has 0 aliphatic heterocycles. The number of hydrogen-bond acceptors (Lipinski definition) is 3. The predicted molar refractivity (Wildman–Crippen MR) is 58.8 cm³/mol. The standard InChI is InChI=1S/C10H16N4/c1-8-3-5-13-10(7-8)14(2)6-4-9(11)12/h3,5,7H,4,6H2,1-2H3,(H3,11,12). The van der Waals surface area contributed by atoms with Crippen molar-refractivity contribution in [1.82, 2.24) is 4.98 Å². The molecule has 1 heterocycles. The largest absolute Gasteiger partial charge is 0.388 e. The molecule has 0 atom stereocenters. The maximum atomic E-state index is 7.12. The van der Waals surface area contributed by atoms with Crippen LogP contribution in [0.3, 0.4) is 0 Å². The highest BCUT2D eigenvalue weighted by Crippen LogP contribution is 2.10. The second-order valence-electron chi connectivity index (χ2n) is 3.39. The third-order valence-corrected chi connectivity index (χ3v) is 2.01. The van der Waals surface area contributed by atoms with Gasteiger partial charge in [0.25, 0.3) is 0 Å². The molecule has 0 saturated carbocycles. The van der Waals surface area contributed by atoms with Crippen molar-refractivity contribution in [2.24, 2.45) is 5.73 Å². The minimum atomic E-state index is 0.213. The van der Waals surface area contributed by atoms with Gasteiger partial charge in [0.1, 0.15) is 5.82 Å². The van der Waals surface area contributed by atoms with Crippen molar-refractivity contribution < 1.29 is 0 Å². The molecule has 0 spiro atoms. The van der Waals surface area contributed by atoms with Crippen molar-refractivity contribution in [3.63, 3.8) is 0 Å². The van der Waals surface area contributed by atoms with E-state index in [4.69, 9.17) is 11.1 Å². The summed E-state index contributed by atoms with van der Waals surface area (Å²) in [6.07, 6.45) is 2.36. The van der Waals surface area contributed by atoms with E-state index in [0.29, 0.717) is 6.42 Å². The minimum Gasteiger partial charge on any atom is -0.388 e. The summed E-state index contributed by atoms with van der Waals surface area (Å²) in [6, 6.07) is 3.97. The van der Waals surface area contributed by atoms with Crippen LogP contribution in [0.4, 0.5) is 5.82 Å². The molecule has 0 saturated heterocycles. The van der Waals surface area contributed by atoms with Gasteiger partial charge in [-0.1, -0.05) is 0 Å². The Hall–Kier alpha value is -1.58. The molecule has 0 radical (unpaired) electrons. The molecule has 1 aromatic rings. The number of nitrogens with zero attached hydrogens (tertiary/aromatic N) is 2. The summed E-state index contributed by atoms with van der Waals surface area (Å²) in [5.74, 6) is 1.13. The van der Waals surface area contributed by atoms with Crippen molar-refractivity contribution >= 4 is 11.7 Å². The highest BCUT2D eigenvalue weighted by Gasteiger charge is 2.02. The summed E-state index contributed by atoms with van der Waals surface area (Å²) < 4.78 is 0. The van der Waals surface area contributed by atoms with E-state index in [2.05, 4.69) is 4.98 Å². The van der Waals surface area contributed by atoms with Crippen LogP contribution in [0.25, 0.3) is 0 Å². The maximum Gasteiger partial charge on any atom is 0.128 e. The number of aromatic nitrogens is 1. The van der Waals surface area contributed by atoms with E-state index in [9.17, 15) is 0 Å². The van der Waals surface area contributed by atoms with Gasteiger partial charge in [-0.2, -0.15) is 0 Å². The summed E-state index contributed by atoms with van der Waals surface area (Å²) in [5, 5.41) is 7.12. The van der Waals surface area contributed by atoms with Gasteiger partial charge in [0.15, 0.2) is 0 Å². The summed E-state index contributed by atoms with van der Waals surface area (Å²) in [5.41, 5.74) is 6.47. The Balaban J connectivity index is 2.60. The lowest BCUT2D eigenvalue weighted by atomic mass is 10.3. The van der Waals surface area contributed by atoms with Crippen LogP contribution in [0.5, 0.6) is 0 Å². The quantitative estimate of drug-likeness (QED) is 0.555. The zero-order chi connectivity index (χ0) is 10.6. The molecule has 0 unspecified atom stereocenters. The normalized spacial score (nSPS) is 9.86. The van der Waals surface area contributed by atoms with E-state index >= 15 is 0 Å². The van der Waals surface area contributed by atoms with Crippen LogP contribution in [-0.2, 0) is 0 Å². The van der Waals surface area contributed by atoms with E-state index in [1.165, 1.54) is 5.56 Å². The average molecular weight is 192 g/mol. The fourth-order valence-corrected chi connectivity index (χ4v) is 1.13. The number of anilines is 1. The zero-order valence-corrected chi connectivity index (χ0v) is 8.62.